The minimum absolute atomic E-state index is 0.0369. The van der Waals surface area contributed by atoms with Crippen molar-refractivity contribution in [2.24, 2.45) is 11.7 Å². The van der Waals surface area contributed by atoms with Crippen molar-refractivity contribution in [3.8, 4) is 0 Å². The molecule has 2 N–H and O–H groups in total. The first-order chi connectivity index (χ1) is 7.60. The Morgan fingerprint density at radius 1 is 1.31 bits per heavy atom. The van der Waals surface area contributed by atoms with E-state index in [1.54, 1.807) is 0 Å². The van der Waals surface area contributed by atoms with Crippen molar-refractivity contribution in [3.63, 3.8) is 0 Å². The molecule has 1 rings (SSSR count). The fraction of sp³-hybridized carbons (Fsp3) is 0.538. The summed E-state index contributed by atoms with van der Waals surface area (Å²) in [6.07, 6.45) is 3.36. The lowest BCUT2D eigenvalue weighted by molar-refractivity contribution is 0.414. The van der Waals surface area contributed by atoms with Gasteiger partial charge in [-0.05, 0) is 39.9 Å². The van der Waals surface area contributed by atoms with E-state index in [0.29, 0.717) is 5.92 Å². The zero-order valence-corrected chi connectivity index (χ0v) is 12.2. The molecule has 1 aromatic rings. The van der Waals surface area contributed by atoms with Crippen LogP contribution in [-0.2, 0) is 0 Å². The van der Waals surface area contributed by atoms with Gasteiger partial charge in [-0.2, -0.15) is 0 Å². The average Bonchev–Trinajstić information content (AvgIpc) is 2.29. The van der Waals surface area contributed by atoms with E-state index in [1.165, 1.54) is 12.8 Å². The normalized spacial score (nSPS) is 13.1. The van der Waals surface area contributed by atoms with E-state index < -0.39 is 0 Å². The van der Waals surface area contributed by atoms with Gasteiger partial charge < -0.3 is 5.73 Å². The van der Waals surface area contributed by atoms with Crippen molar-refractivity contribution in [2.45, 2.75) is 39.2 Å². The minimum Gasteiger partial charge on any atom is -0.324 e. The summed E-state index contributed by atoms with van der Waals surface area (Å²) in [5.41, 5.74) is 7.26. The quantitative estimate of drug-likeness (QED) is 0.820. The molecule has 0 saturated carbocycles. The Morgan fingerprint density at radius 3 is 2.50 bits per heavy atom. The molecule has 1 aromatic carbocycles. The molecule has 1 atom stereocenters. The SMILES string of the molecule is CCC(CC)CC(N)c1cccc(Br)c1Cl. The van der Waals surface area contributed by atoms with Crippen LogP contribution in [0.15, 0.2) is 22.7 Å². The first-order valence-corrected chi connectivity index (χ1v) is 6.96. The Hall–Kier alpha value is -0.0500. The fourth-order valence-electron chi connectivity index (χ4n) is 1.91. The Labute approximate surface area is 111 Å². The molecule has 0 bridgehead atoms. The summed E-state index contributed by atoms with van der Waals surface area (Å²) in [5, 5.41) is 0.751. The van der Waals surface area contributed by atoms with E-state index in [4.69, 9.17) is 17.3 Å². The Bertz CT molecular complexity index is 337. The number of nitrogens with two attached hydrogens (primary N) is 1. The molecule has 0 radical (unpaired) electrons. The van der Waals surface area contributed by atoms with Crippen LogP contribution >= 0.6 is 27.5 Å². The molecule has 3 heteroatoms. The van der Waals surface area contributed by atoms with E-state index >= 15 is 0 Å². The topological polar surface area (TPSA) is 26.0 Å². The Balaban J connectivity index is 2.80. The molecule has 0 fully saturated rings. The van der Waals surface area contributed by atoms with Crippen molar-refractivity contribution in [3.05, 3.63) is 33.3 Å². The third-order valence-corrected chi connectivity index (χ3v) is 4.43. The van der Waals surface area contributed by atoms with Crippen LogP contribution in [-0.4, -0.2) is 0 Å². The fourth-order valence-corrected chi connectivity index (χ4v) is 2.56. The third kappa shape index (κ3) is 3.47. The first-order valence-electron chi connectivity index (χ1n) is 5.79. The van der Waals surface area contributed by atoms with Crippen LogP contribution in [0.1, 0.15) is 44.7 Å². The highest BCUT2D eigenvalue weighted by molar-refractivity contribution is 9.10. The van der Waals surface area contributed by atoms with Crippen molar-refractivity contribution >= 4 is 27.5 Å². The van der Waals surface area contributed by atoms with E-state index in [2.05, 4.69) is 29.8 Å². The molecular formula is C13H19BrClN. The summed E-state index contributed by atoms with van der Waals surface area (Å²) in [5.74, 6) is 0.685. The number of hydrogen-bond acceptors (Lipinski definition) is 1. The molecule has 0 aliphatic heterocycles. The standard InChI is InChI=1S/C13H19BrClN/c1-3-9(4-2)8-12(16)10-6-5-7-11(14)13(10)15/h5-7,9,12H,3-4,8,16H2,1-2H3. The van der Waals surface area contributed by atoms with Gasteiger partial charge in [0, 0.05) is 10.5 Å². The average molecular weight is 305 g/mol. The van der Waals surface area contributed by atoms with Crippen LogP contribution in [0.3, 0.4) is 0 Å². The molecule has 0 amide bonds. The monoisotopic (exact) mass is 303 g/mol. The highest BCUT2D eigenvalue weighted by Gasteiger charge is 2.15. The zero-order chi connectivity index (χ0) is 12.1. The number of hydrogen-bond donors (Lipinski definition) is 1. The summed E-state index contributed by atoms with van der Waals surface area (Å²) in [4.78, 5) is 0. The first kappa shape index (κ1) is 14.0. The molecule has 0 heterocycles. The van der Waals surface area contributed by atoms with Gasteiger partial charge in [0.25, 0.3) is 0 Å². The molecule has 0 aromatic heterocycles. The molecule has 0 saturated heterocycles. The van der Waals surface area contributed by atoms with Crippen molar-refractivity contribution in [2.75, 3.05) is 0 Å². The van der Waals surface area contributed by atoms with Crippen LogP contribution in [0.2, 0.25) is 5.02 Å². The maximum Gasteiger partial charge on any atom is 0.0595 e. The van der Waals surface area contributed by atoms with Crippen molar-refractivity contribution < 1.29 is 0 Å². The van der Waals surface area contributed by atoms with E-state index in [0.717, 1.165) is 21.5 Å². The number of halogens is 2. The van der Waals surface area contributed by atoms with Crippen LogP contribution in [0.25, 0.3) is 0 Å². The van der Waals surface area contributed by atoms with Gasteiger partial charge in [-0.1, -0.05) is 50.4 Å². The summed E-state index contributed by atoms with van der Waals surface area (Å²) in [6, 6.07) is 5.98. The van der Waals surface area contributed by atoms with E-state index in [-0.39, 0.29) is 6.04 Å². The van der Waals surface area contributed by atoms with Gasteiger partial charge in [-0.15, -0.1) is 0 Å². The smallest absolute Gasteiger partial charge is 0.0595 e. The lowest BCUT2D eigenvalue weighted by Crippen LogP contribution is -2.15. The minimum atomic E-state index is 0.0369. The van der Waals surface area contributed by atoms with Gasteiger partial charge in [0.2, 0.25) is 0 Å². The second-order valence-corrected chi connectivity index (χ2v) is 5.40. The van der Waals surface area contributed by atoms with Crippen molar-refractivity contribution in [1.82, 2.24) is 0 Å². The Kier molecular flexibility index (Phi) is 5.81. The molecule has 1 unspecified atom stereocenters. The second-order valence-electron chi connectivity index (χ2n) is 4.17. The molecule has 0 spiro atoms. The summed E-state index contributed by atoms with van der Waals surface area (Å²) in [7, 11) is 0. The Morgan fingerprint density at radius 2 is 1.94 bits per heavy atom. The summed E-state index contributed by atoms with van der Waals surface area (Å²) < 4.78 is 0.923. The maximum atomic E-state index is 6.23. The van der Waals surface area contributed by atoms with Crippen molar-refractivity contribution in [1.29, 1.82) is 0 Å². The van der Waals surface area contributed by atoms with Crippen LogP contribution in [0.4, 0.5) is 0 Å². The van der Waals surface area contributed by atoms with Gasteiger partial charge in [0.1, 0.15) is 0 Å². The predicted octanol–water partition coefficient (Wildman–Crippen LogP) is 4.93. The van der Waals surface area contributed by atoms with Crippen LogP contribution in [0.5, 0.6) is 0 Å². The number of benzene rings is 1. The van der Waals surface area contributed by atoms with Gasteiger partial charge in [0.15, 0.2) is 0 Å². The van der Waals surface area contributed by atoms with E-state index in [1.807, 2.05) is 18.2 Å². The second kappa shape index (κ2) is 6.63. The molecule has 16 heavy (non-hydrogen) atoms. The van der Waals surface area contributed by atoms with Gasteiger partial charge in [-0.25, -0.2) is 0 Å². The molecular weight excluding hydrogens is 286 g/mol. The highest BCUT2D eigenvalue weighted by Crippen LogP contribution is 2.32. The molecule has 1 nitrogen and oxygen atoms in total. The summed E-state index contributed by atoms with van der Waals surface area (Å²) in [6.45, 7) is 4.42. The van der Waals surface area contributed by atoms with Crippen LogP contribution < -0.4 is 5.73 Å². The highest BCUT2D eigenvalue weighted by atomic mass is 79.9. The van der Waals surface area contributed by atoms with E-state index in [9.17, 15) is 0 Å². The van der Waals surface area contributed by atoms with Gasteiger partial charge >= 0.3 is 0 Å². The third-order valence-electron chi connectivity index (χ3n) is 3.12. The molecule has 0 aliphatic carbocycles. The van der Waals surface area contributed by atoms with Crippen LogP contribution in [0, 0.1) is 5.92 Å². The largest absolute Gasteiger partial charge is 0.324 e. The zero-order valence-electron chi connectivity index (χ0n) is 9.84. The molecule has 0 aliphatic rings. The molecule has 90 valence electrons. The lowest BCUT2D eigenvalue weighted by Gasteiger charge is -2.19. The van der Waals surface area contributed by atoms with Gasteiger partial charge in [-0.3, -0.25) is 0 Å². The predicted molar refractivity (Wildman–Crippen MR) is 74.8 cm³/mol. The number of rotatable bonds is 5. The lowest BCUT2D eigenvalue weighted by atomic mass is 9.92. The summed E-state index contributed by atoms with van der Waals surface area (Å²) >= 11 is 9.66. The maximum absolute atomic E-state index is 6.23. The van der Waals surface area contributed by atoms with Gasteiger partial charge in [0.05, 0.1) is 5.02 Å².